The lowest BCUT2D eigenvalue weighted by Gasteiger charge is -2.33. The number of aromatic nitrogens is 3. The number of nitrogens with two attached hydrogens (primary N) is 1. The second-order valence-corrected chi connectivity index (χ2v) is 9.04. The first kappa shape index (κ1) is 20.4. The quantitative estimate of drug-likeness (QED) is 0.745. The molecule has 9 nitrogen and oxygen atoms in total. The van der Waals surface area contributed by atoms with Crippen molar-refractivity contribution in [3.8, 4) is 11.4 Å². The van der Waals surface area contributed by atoms with E-state index in [1.54, 1.807) is 23.4 Å². The van der Waals surface area contributed by atoms with E-state index in [9.17, 15) is 13.2 Å². The minimum atomic E-state index is -3.22. The van der Waals surface area contributed by atoms with Crippen LogP contribution in [-0.4, -0.2) is 70.2 Å². The number of amides is 1. The number of carbonyl (C=O) groups is 1. The fourth-order valence-corrected chi connectivity index (χ4v) is 4.23. The maximum Gasteiger partial charge on any atom is 0.244 e. The van der Waals surface area contributed by atoms with E-state index in [-0.39, 0.29) is 24.2 Å². The average molecular weight is 407 g/mol. The molecule has 2 N–H and O–H groups in total. The maximum absolute atomic E-state index is 12.7. The number of rotatable bonds is 6. The van der Waals surface area contributed by atoms with Crippen molar-refractivity contribution in [1.82, 2.24) is 24.0 Å². The molecule has 1 saturated heterocycles. The van der Waals surface area contributed by atoms with Gasteiger partial charge in [-0.2, -0.15) is 9.40 Å². The van der Waals surface area contributed by atoms with Crippen molar-refractivity contribution in [1.29, 1.82) is 0 Å². The summed E-state index contributed by atoms with van der Waals surface area (Å²) in [4.78, 5) is 18.9. The molecule has 1 amide bonds. The van der Waals surface area contributed by atoms with Crippen LogP contribution in [0.4, 0.5) is 0 Å². The van der Waals surface area contributed by atoms with Crippen molar-refractivity contribution in [2.75, 3.05) is 31.9 Å². The van der Waals surface area contributed by atoms with Crippen molar-refractivity contribution in [2.24, 2.45) is 5.73 Å². The summed E-state index contributed by atoms with van der Waals surface area (Å²) in [6.45, 7) is 4.81. The molecule has 0 bridgehead atoms. The summed E-state index contributed by atoms with van der Waals surface area (Å²) in [5, 5.41) is 4.48. The van der Waals surface area contributed by atoms with Crippen molar-refractivity contribution >= 4 is 15.9 Å². The highest BCUT2D eigenvalue weighted by molar-refractivity contribution is 7.89. The van der Waals surface area contributed by atoms with Gasteiger partial charge in [0.15, 0.2) is 5.82 Å². The van der Waals surface area contributed by atoms with Crippen LogP contribution in [0.5, 0.6) is 0 Å². The molecule has 1 fully saturated rings. The van der Waals surface area contributed by atoms with Crippen LogP contribution >= 0.6 is 0 Å². The van der Waals surface area contributed by atoms with Gasteiger partial charge in [0, 0.05) is 31.7 Å². The second-order valence-electron chi connectivity index (χ2n) is 6.79. The Morgan fingerprint density at radius 1 is 1.18 bits per heavy atom. The van der Waals surface area contributed by atoms with Gasteiger partial charge in [0.25, 0.3) is 0 Å². The van der Waals surface area contributed by atoms with Gasteiger partial charge >= 0.3 is 0 Å². The largest absolute Gasteiger partial charge is 0.338 e. The number of nitrogens with zero attached hydrogens (tertiary/aromatic N) is 5. The Morgan fingerprint density at radius 2 is 1.82 bits per heavy atom. The molecule has 152 valence electrons. The van der Waals surface area contributed by atoms with Gasteiger partial charge in [0.2, 0.25) is 15.9 Å². The molecule has 0 radical (unpaired) electrons. The predicted octanol–water partition coefficient (Wildman–Crippen LogP) is 0.459. The number of hydrogen-bond acceptors (Lipinski definition) is 6. The normalized spacial score (nSPS) is 16.9. The van der Waals surface area contributed by atoms with E-state index in [2.05, 4.69) is 10.1 Å². The molecule has 0 saturated carbocycles. The van der Waals surface area contributed by atoms with Crippen LogP contribution in [0.1, 0.15) is 25.7 Å². The Morgan fingerprint density at radius 3 is 2.39 bits per heavy atom. The van der Waals surface area contributed by atoms with Crippen LogP contribution in [-0.2, 0) is 21.4 Å². The SMILES string of the molecule is CCS(=O)(=O)N1CCN(C(=O)Cn2nc(-c3ccccc3)nc2[C@H](C)N)CC1. The Labute approximate surface area is 165 Å². The van der Waals surface area contributed by atoms with Crippen molar-refractivity contribution in [2.45, 2.75) is 26.4 Å². The van der Waals surface area contributed by atoms with Gasteiger partial charge in [0.1, 0.15) is 12.4 Å². The molecule has 1 atom stereocenters. The molecule has 2 aromatic rings. The van der Waals surface area contributed by atoms with E-state index in [1.165, 1.54) is 4.31 Å². The molecule has 10 heteroatoms. The Hall–Kier alpha value is -2.30. The van der Waals surface area contributed by atoms with E-state index >= 15 is 0 Å². The van der Waals surface area contributed by atoms with Gasteiger partial charge in [0.05, 0.1) is 11.8 Å². The Kier molecular flexibility index (Phi) is 6.11. The summed E-state index contributed by atoms with van der Waals surface area (Å²) in [7, 11) is -3.22. The zero-order valence-electron chi connectivity index (χ0n) is 16.2. The monoisotopic (exact) mass is 406 g/mol. The minimum absolute atomic E-state index is 0.0250. The third kappa shape index (κ3) is 4.40. The molecule has 1 aliphatic rings. The average Bonchev–Trinajstić information content (AvgIpc) is 3.13. The second kappa shape index (κ2) is 8.38. The fraction of sp³-hybridized carbons (Fsp3) is 0.500. The summed E-state index contributed by atoms with van der Waals surface area (Å²) >= 11 is 0. The van der Waals surface area contributed by atoms with E-state index < -0.39 is 10.0 Å². The standard InChI is InChI=1S/C18H26N6O3S/c1-3-28(26,27)23-11-9-22(10-12-23)16(25)13-24-18(14(2)19)20-17(21-24)15-7-5-4-6-8-15/h4-8,14H,3,9-13,19H2,1-2H3/t14-/m0/s1. The van der Waals surface area contributed by atoms with Crippen molar-refractivity contribution in [3.63, 3.8) is 0 Å². The lowest BCUT2D eigenvalue weighted by Crippen LogP contribution is -2.51. The topological polar surface area (TPSA) is 114 Å². The lowest BCUT2D eigenvalue weighted by molar-refractivity contribution is -0.133. The summed E-state index contributed by atoms with van der Waals surface area (Å²) in [5.41, 5.74) is 6.88. The maximum atomic E-state index is 12.7. The number of benzene rings is 1. The van der Waals surface area contributed by atoms with Crippen LogP contribution in [0.2, 0.25) is 0 Å². The summed E-state index contributed by atoms with van der Waals surface area (Å²) in [5.74, 6) is 1.01. The highest BCUT2D eigenvalue weighted by atomic mass is 32.2. The molecular weight excluding hydrogens is 380 g/mol. The zero-order valence-corrected chi connectivity index (χ0v) is 17.0. The molecule has 1 aromatic carbocycles. The molecule has 2 heterocycles. The van der Waals surface area contributed by atoms with Crippen LogP contribution in [0, 0.1) is 0 Å². The Bertz CT molecular complexity index is 918. The number of sulfonamides is 1. The number of piperazine rings is 1. The summed E-state index contributed by atoms with van der Waals surface area (Å²) < 4.78 is 26.9. The van der Waals surface area contributed by atoms with E-state index in [4.69, 9.17) is 5.73 Å². The number of carbonyl (C=O) groups excluding carboxylic acids is 1. The van der Waals surface area contributed by atoms with Gasteiger partial charge < -0.3 is 10.6 Å². The predicted molar refractivity (Wildman–Crippen MR) is 106 cm³/mol. The summed E-state index contributed by atoms with van der Waals surface area (Å²) in [6.07, 6.45) is 0. The first-order valence-electron chi connectivity index (χ1n) is 9.33. The molecule has 28 heavy (non-hydrogen) atoms. The highest BCUT2D eigenvalue weighted by Crippen LogP contribution is 2.18. The Balaban J connectivity index is 1.71. The zero-order chi connectivity index (χ0) is 20.3. The first-order chi connectivity index (χ1) is 13.3. The van der Waals surface area contributed by atoms with Crippen LogP contribution in [0.3, 0.4) is 0 Å². The highest BCUT2D eigenvalue weighted by Gasteiger charge is 2.28. The molecule has 0 spiro atoms. The minimum Gasteiger partial charge on any atom is -0.338 e. The van der Waals surface area contributed by atoms with Crippen LogP contribution < -0.4 is 5.73 Å². The number of hydrogen-bond donors (Lipinski definition) is 1. The van der Waals surface area contributed by atoms with Gasteiger partial charge in [-0.1, -0.05) is 30.3 Å². The van der Waals surface area contributed by atoms with E-state index in [0.717, 1.165) is 5.56 Å². The van der Waals surface area contributed by atoms with Gasteiger partial charge in [-0.25, -0.2) is 18.1 Å². The van der Waals surface area contributed by atoms with E-state index in [0.29, 0.717) is 37.8 Å². The van der Waals surface area contributed by atoms with Crippen LogP contribution in [0.15, 0.2) is 30.3 Å². The van der Waals surface area contributed by atoms with Crippen LogP contribution in [0.25, 0.3) is 11.4 Å². The lowest BCUT2D eigenvalue weighted by atomic mass is 10.2. The van der Waals surface area contributed by atoms with Gasteiger partial charge in [-0.15, -0.1) is 0 Å². The molecule has 0 aliphatic carbocycles. The van der Waals surface area contributed by atoms with Crippen molar-refractivity contribution < 1.29 is 13.2 Å². The molecule has 3 rings (SSSR count). The third-order valence-electron chi connectivity index (χ3n) is 4.77. The molecular formula is C18H26N6O3S. The molecule has 1 aliphatic heterocycles. The van der Waals surface area contributed by atoms with Crippen molar-refractivity contribution in [3.05, 3.63) is 36.2 Å². The van der Waals surface area contributed by atoms with Gasteiger partial charge in [-0.3, -0.25) is 4.79 Å². The fourth-order valence-electron chi connectivity index (χ4n) is 3.14. The smallest absolute Gasteiger partial charge is 0.244 e. The summed E-state index contributed by atoms with van der Waals surface area (Å²) in [6, 6.07) is 9.14. The van der Waals surface area contributed by atoms with Gasteiger partial charge in [-0.05, 0) is 13.8 Å². The van der Waals surface area contributed by atoms with E-state index in [1.807, 2.05) is 30.3 Å². The molecule has 1 aromatic heterocycles. The third-order valence-corrected chi connectivity index (χ3v) is 6.66. The molecule has 0 unspecified atom stereocenters. The first-order valence-corrected chi connectivity index (χ1v) is 10.9.